The molecule has 5 atom stereocenters. The van der Waals surface area contributed by atoms with Gasteiger partial charge in [0.1, 0.15) is 6.54 Å². The number of hydrogen-bond donors (Lipinski definition) is 1. The zero-order valence-corrected chi connectivity index (χ0v) is 14.6. The van der Waals surface area contributed by atoms with Crippen LogP contribution in [0.25, 0.3) is 0 Å². The highest BCUT2D eigenvalue weighted by molar-refractivity contribution is 6.08. The summed E-state index contributed by atoms with van der Waals surface area (Å²) in [4.78, 5) is 39.2. The largest absolute Gasteiger partial charge is 0.348 e. The number of imide groups is 1. The number of carbonyl (C=O) groups is 3. The lowest BCUT2D eigenvalue weighted by atomic mass is 9.85. The minimum absolute atomic E-state index is 0.0300. The Labute approximate surface area is 152 Å². The first-order chi connectivity index (χ1) is 12.6. The fourth-order valence-corrected chi connectivity index (χ4v) is 5.41. The summed E-state index contributed by atoms with van der Waals surface area (Å²) in [7, 11) is 0. The maximum Gasteiger partial charge on any atom is 0.240 e. The SMILES string of the molecule is O=C(CN1C(=O)[C@@H]2[C@H](C1=O)[C@@H]1C=C[C@H]2C1)N[C@@H]1CCCc2ccccc21. The number of nitrogens with zero attached hydrogens (tertiary/aromatic N) is 1. The molecule has 1 aliphatic heterocycles. The molecule has 3 amide bonds. The summed E-state index contributed by atoms with van der Waals surface area (Å²) in [6.45, 7) is -0.150. The van der Waals surface area contributed by atoms with Gasteiger partial charge in [0.05, 0.1) is 17.9 Å². The molecule has 1 saturated carbocycles. The first-order valence-electron chi connectivity index (χ1n) is 9.54. The monoisotopic (exact) mass is 350 g/mol. The van der Waals surface area contributed by atoms with Gasteiger partial charge in [-0.15, -0.1) is 0 Å². The third-order valence-electron chi connectivity index (χ3n) is 6.57. The van der Waals surface area contributed by atoms with E-state index in [1.165, 1.54) is 10.5 Å². The molecule has 2 bridgehead atoms. The maximum absolute atomic E-state index is 12.7. The molecule has 1 saturated heterocycles. The lowest BCUT2D eigenvalue weighted by Gasteiger charge is -2.27. The zero-order chi connectivity index (χ0) is 17.8. The second-order valence-corrected chi connectivity index (χ2v) is 7.97. The van der Waals surface area contributed by atoms with Crippen molar-refractivity contribution in [2.24, 2.45) is 23.7 Å². The predicted octanol–water partition coefficient (Wildman–Crippen LogP) is 1.99. The van der Waals surface area contributed by atoms with Gasteiger partial charge >= 0.3 is 0 Å². The molecular formula is C21H22N2O3. The van der Waals surface area contributed by atoms with E-state index in [2.05, 4.69) is 29.6 Å². The summed E-state index contributed by atoms with van der Waals surface area (Å²) in [5.74, 6) is -0.665. The molecule has 5 heteroatoms. The quantitative estimate of drug-likeness (QED) is 0.670. The van der Waals surface area contributed by atoms with E-state index in [9.17, 15) is 14.4 Å². The summed E-state index contributed by atoms with van der Waals surface area (Å²) in [5, 5.41) is 3.05. The molecule has 1 heterocycles. The number of rotatable bonds is 3. The summed E-state index contributed by atoms with van der Waals surface area (Å²) < 4.78 is 0. The highest BCUT2D eigenvalue weighted by atomic mass is 16.2. The van der Waals surface area contributed by atoms with Gasteiger partial charge in [0.25, 0.3) is 0 Å². The first-order valence-corrected chi connectivity index (χ1v) is 9.54. The molecule has 1 N–H and O–H groups in total. The molecule has 26 heavy (non-hydrogen) atoms. The Kier molecular flexibility index (Phi) is 3.52. The van der Waals surface area contributed by atoms with Crippen LogP contribution in [0.4, 0.5) is 0 Å². The van der Waals surface area contributed by atoms with Gasteiger partial charge in [0.15, 0.2) is 0 Å². The number of hydrogen-bond acceptors (Lipinski definition) is 3. The van der Waals surface area contributed by atoms with E-state index in [-0.39, 0.29) is 54.0 Å². The van der Waals surface area contributed by atoms with Crippen molar-refractivity contribution in [1.82, 2.24) is 10.2 Å². The highest BCUT2D eigenvalue weighted by Crippen LogP contribution is 2.52. The Morgan fingerprint density at radius 1 is 1.08 bits per heavy atom. The third kappa shape index (κ3) is 2.26. The van der Waals surface area contributed by atoms with Crippen molar-refractivity contribution in [2.45, 2.75) is 31.7 Å². The Morgan fingerprint density at radius 2 is 1.77 bits per heavy atom. The number of carbonyl (C=O) groups excluding carboxylic acids is 3. The van der Waals surface area contributed by atoms with Gasteiger partial charge in [0.2, 0.25) is 17.7 Å². The number of nitrogens with one attached hydrogen (secondary N) is 1. The molecular weight excluding hydrogens is 328 g/mol. The van der Waals surface area contributed by atoms with Crippen LogP contribution in [0.5, 0.6) is 0 Å². The van der Waals surface area contributed by atoms with Gasteiger partial charge in [-0.25, -0.2) is 0 Å². The van der Waals surface area contributed by atoms with E-state index in [1.807, 2.05) is 12.1 Å². The average molecular weight is 350 g/mol. The van der Waals surface area contributed by atoms with Gasteiger partial charge < -0.3 is 5.32 Å². The van der Waals surface area contributed by atoms with Crippen LogP contribution >= 0.6 is 0 Å². The molecule has 134 valence electrons. The summed E-state index contributed by atoms with van der Waals surface area (Å²) in [6, 6.07) is 8.13. The topological polar surface area (TPSA) is 66.5 Å². The summed E-state index contributed by atoms with van der Waals surface area (Å²) in [5.41, 5.74) is 2.43. The van der Waals surface area contributed by atoms with Crippen molar-refractivity contribution in [1.29, 1.82) is 0 Å². The Balaban J connectivity index is 1.29. The lowest BCUT2D eigenvalue weighted by Crippen LogP contribution is -2.43. The Bertz CT molecular complexity index is 800. The molecule has 0 spiro atoms. The van der Waals surface area contributed by atoms with E-state index in [1.54, 1.807) is 0 Å². The van der Waals surface area contributed by atoms with Crippen LogP contribution in [0.3, 0.4) is 0 Å². The maximum atomic E-state index is 12.7. The van der Waals surface area contributed by atoms with Gasteiger partial charge in [-0.3, -0.25) is 19.3 Å². The number of amides is 3. The molecule has 1 aromatic carbocycles. The average Bonchev–Trinajstić information content (AvgIpc) is 3.32. The van der Waals surface area contributed by atoms with E-state index in [4.69, 9.17) is 0 Å². The normalized spacial score (nSPS) is 34.2. The first kappa shape index (κ1) is 15.8. The number of allylic oxidation sites excluding steroid dienone is 2. The number of likely N-dealkylation sites (tertiary alicyclic amines) is 1. The summed E-state index contributed by atoms with van der Waals surface area (Å²) in [6.07, 6.45) is 8.00. The lowest BCUT2D eigenvalue weighted by molar-refractivity contribution is -0.144. The minimum Gasteiger partial charge on any atom is -0.348 e. The van der Waals surface area contributed by atoms with Gasteiger partial charge in [-0.1, -0.05) is 36.4 Å². The van der Waals surface area contributed by atoms with E-state index in [0.717, 1.165) is 31.2 Å². The van der Waals surface area contributed by atoms with Crippen LogP contribution in [0, 0.1) is 23.7 Å². The van der Waals surface area contributed by atoms with E-state index < -0.39 is 0 Å². The fraction of sp³-hybridized carbons (Fsp3) is 0.476. The van der Waals surface area contributed by atoms with Gasteiger partial charge in [0, 0.05) is 0 Å². The second kappa shape index (κ2) is 5.79. The van der Waals surface area contributed by atoms with Crippen molar-refractivity contribution in [3.8, 4) is 0 Å². The molecule has 1 aromatic rings. The van der Waals surface area contributed by atoms with Crippen molar-refractivity contribution in [2.75, 3.05) is 6.54 Å². The molecule has 0 radical (unpaired) electrons. The van der Waals surface area contributed by atoms with Crippen molar-refractivity contribution in [3.05, 3.63) is 47.5 Å². The Hall–Kier alpha value is -2.43. The van der Waals surface area contributed by atoms with Gasteiger partial charge in [-0.2, -0.15) is 0 Å². The van der Waals surface area contributed by atoms with Crippen LogP contribution in [0.15, 0.2) is 36.4 Å². The van der Waals surface area contributed by atoms with Crippen LogP contribution in [0.1, 0.15) is 36.4 Å². The second-order valence-electron chi connectivity index (χ2n) is 7.97. The third-order valence-corrected chi connectivity index (χ3v) is 6.57. The molecule has 5 nitrogen and oxygen atoms in total. The van der Waals surface area contributed by atoms with Crippen LogP contribution < -0.4 is 5.32 Å². The number of fused-ring (bicyclic) bond motifs is 6. The highest BCUT2D eigenvalue weighted by Gasteiger charge is 2.59. The smallest absolute Gasteiger partial charge is 0.240 e. The predicted molar refractivity (Wildman–Crippen MR) is 94.7 cm³/mol. The molecule has 3 aliphatic carbocycles. The zero-order valence-electron chi connectivity index (χ0n) is 14.6. The minimum atomic E-state index is -0.242. The van der Waals surface area contributed by atoms with Gasteiger partial charge in [-0.05, 0) is 48.6 Å². The Morgan fingerprint density at radius 3 is 2.50 bits per heavy atom. The summed E-state index contributed by atoms with van der Waals surface area (Å²) >= 11 is 0. The van der Waals surface area contributed by atoms with Crippen LogP contribution in [-0.4, -0.2) is 29.2 Å². The molecule has 5 rings (SSSR count). The molecule has 2 fully saturated rings. The standard InChI is InChI=1S/C21H22N2O3/c24-17(22-16-7-3-5-12-4-1-2-6-15(12)16)11-23-20(25)18-13-8-9-14(10-13)19(18)21(23)26/h1-2,4,6,8-9,13-14,16,18-19H,3,5,7,10-11H2,(H,22,24)/t13-,14+,16-,18-,19+/m1/s1. The van der Waals surface area contributed by atoms with Crippen molar-refractivity contribution >= 4 is 17.7 Å². The van der Waals surface area contributed by atoms with Crippen LogP contribution in [0.2, 0.25) is 0 Å². The van der Waals surface area contributed by atoms with E-state index >= 15 is 0 Å². The number of aryl methyl sites for hydroxylation is 1. The van der Waals surface area contributed by atoms with E-state index in [0.29, 0.717) is 0 Å². The van der Waals surface area contributed by atoms with Crippen LogP contribution in [-0.2, 0) is 20.8 Å². The fourth-order valence-electron chi connectivity index (χ4n) is 5.41. The molecule has 0 unspecified atom stereocenters. The number of benzene rings is 1. The van der Waals surface area contributed by atoms with Crippen molar-refractivity contribution in [3.63, 3.8) is 0 Å². The van der Waals surface area contributed by atoms with Crippen molar-refractivity contribution < 1.29 is 14.4 Å². The molecule has 4 aliphatic rings. The molecule has 0 aromatic heterocycles.